The highest BCUT2D eigenvalue weighted by Crippen LogP contribution is 2.39. The molecule has 10 aromatic rings. The summed E-state index contributed by atoms with van der Waals surface area (Å²) in [4.78, 5) is 10.4. The fraction of sp³-hybridized carbons (Fsp3) is 0.0492. The molecule has 298 valence electrons. The highest BCUT2D eigenvalue weighted by atomic mass is 14.7. The molecule has 0 bridgehead atoms. The van der Waals surface area contributed by atoms with Gasteiger partial charge in [-0.25, -0.2) is 9.98 Å². The first-order chi connectivity index (χ1) is 31.1. The van der Waals surface area contributed by atoms with Gasteiger partial charge in [-0.3, -0.25) is 0 Å². The van der Waals surface area contributed by atoms with Crippen LogP contribution in [0.2, 0.25) is 0 Å². The minimum absolute atomic E-state index is 0.916. The second-order valence-electron chi connectivity index (χ2n) is 16.5. The number of para-hydroxylation sites is 1. The maximum atomic E-state index is 5.21. The van der Waals surface area contributed by atoms with Crippen molar-refractivity contribution in [2.75, 3.05) is 0 Å². The van der Waals surface area contributed by atoms with Crippen LogP contribution >= 0.6 is 0 Å². The zero-order valence-electron chi connectivity index (χ0n) is 35.2. The van der Waals surface area contributed by atoms with Crippen LogP contribution in [0.1, 0.15) is 36.6 Å². The summed E-state index contributed by atoms with van der Waals surface area (Å²) in [5.74, 6) is 0. The number of pyridine rings is 1. The molecule has 2 nitrogen and oxygen atoms in total. The molecule has 0 radical (unpaired) electrons. The van der Waals surface area contributed by atoms with Crippen LogP contribution < -0.4 is 0 Å². The molecule has 0 N–H and O–H groups in total. The predicted octanol–water partition coefficient (Wildman–Crippen LogP) is 16.7. The zero-order chi connectivity index (χ0) is 42.1. The van der Waals surface area contributed by atoms with Crippen molar-refractivity contribution in [2.24, 2.45) is 4.99 Å². The lowest BCUT2D eigenvalue weighted by atomic mass is 9.92. The van der Waals surface area contributed by atoms with Gasteiger partial charge >= 0.3 is 0 Å². The summed E-state index contributed by atoms with van der Waals surface area (Å²) >= 11 is 0. The van der Waals surface area contributed by atoms with Crippen molar-refractivity contribution in [3.63, 3.8) is 0 Å². The Morgan fingerprint density at radius 2 is 1.14 bits per heavy atom. The molecule has 0 atom stereocenters. The van der Waals surface area contributed by atoms with Gasteiger partial charge in [-0.1, -0.05) is 182 Å². The van der Waals surface area contributed by atoms with Gasteiger partial charge < -0.3 is 0 Å². The van der Waals surface area contributed by atoms with Gasteiger partial charge in [0.15, 0.2) is 0 Å². The number of benzene rings is 9. The van der Waals surface area contributed by atoms with Gasteiger partial charge in [0.05, 0.1) is 22.6 Å². The first kappa shape index (κ1) is 38.0. The molecule has 0 amide bonds. The van der Waals surface area contributed by atoms with Crippen molar-refractivity contribution < 1.29 is 0 Å². The summed E-state index contributed by atoms with van der Waals surface area (Å²) in [5, 5.41) is 8.66. The molecule has 9 aromatic carbocycles. The van der Waals surface area contributed by atoms with E-state index in [9.17, 15) is 0 Å². The quantitative estimate of drug-likeness (QED) is 0.111. The van der Waals surface area contributed by atoms with Gasteiger partial charge in [0.25, 0.3) is 0 Å². The number of aliphatic imine (C=N–C) groups is 1. The Balaban J connectivity index is 0.927. The molecule has 63 heavy (non-hydrogen) atoms. The molecular formula is C61H44N2. The Morgan fingerprint density at radius 1 is 0.492 bits per heavy atom. The molecule has 0 saturated heterocycles. The number of aromatic nitrogens is 1. The van der Waals surface area contributed by atoms with E-state index in [1.807, 2.05) is 18.2 Å². The molecule has 1 aliphatic carbocycles. The summed E-state index contributed by atoms with van der Waals surface area (Å²) in [6.45, 7) is 2.18. The highest BCUT2D eigenvalue weighted by molar-refractivity contribution is 6.16. The van der Waals surface area contributed by atoms with Gasteiger partial charge in [0.1, 0.15) is 0 Å². The van der Waals surface area contributed by atoms with Gasteiger partial charge in [-0.15, -0.1) is 0 Å². The van der Waals surface area contributed by atoms with Crippen LogP contribution in [0.4, 0.5) is 5.69 Å². The smallest absolute Gasteiger partial charge is 0.0722 e. The Kier molecular flexibility index (Phi) is 9.95. The molecule has 0 saturated carbocycles. The monoisotopic (exact) mass is 804 g/mol. The molecule has 2 heteroatoms. The number of hydrogen-bond acceptors (Lipinski definition) is 2. The van der Waals surface area contributed by atoms with Crippen LogP contribution in [0.5, 0.6) is 0 Å². The van der Waals surface area contributed by atoms with Gasteiger partial charge in [0, 0.05) is 10.9 Å². The van der Waals surface area contributed by atoms with Crippen LogP contribution in [0.15, 0.2) is 229 Å². The maximum absolute atomic E-state index is 5.21. The first-order valence-electron chi connectivity index (χ1n) is 21.9. The van der Waals surface area contributed by atoms with E-state index >= 15 is 0 Å². The molecule has 1 heterocycles. The largest absolute Gasteiger partial charge is 0.248 e. The fourth-order valence-corrected chi connectivity index (χ4v) is 9.19. The lowest BCUT2D eigenvalue weighted by Gasteiger charge is -2.15. The van der Waals surface area contributed by atoms with E-state index in [0.29, 0.717) is 0 Å². The lowest BCUT2D eigenvalue weighted by Crippen LogP contribution is -1.98. The summed E-state index contributed by atoms with van der Waals surface area (Å²) in [7, 11) is 0. The standard InChI is InChI=1S/C61H44N2/c1-41(42-25-29-45(30-26-42)56-39-49-19-11-12-22-52(49)54-23-13-14-24-55(54)56)37-59(62-51-20-9-4-10-21-51)47-31-27-43(28-32-47)48-33-35-53-50(38-48)34-36-58-61(53)57(44-15-5-2-6-16-44)40-60(63-58)46-17-7-3-8-18-46/h2,4-7,9-40H,3,8H2,1H3/b41-37+,62-59+. The van der Waals surface area contributed by atoms with E-state index < -0.39 is 0 Å². The molecule has 0 spiro atoms. The summed E-state index contributed by atoms with van der Waals surface area (Å²) in [6, 6.07) is 72.0. The Hall–Kier alpha value is -7.94. The summed E-state index contributed by atoms with van der Waals surface area (Å²) in [6.07, 6.45) is 11.1. The molecule has 0 aliphatic heterocycles. The van der Waals surface area contributed by atoms with E-state index in [2.05, 4.69) is 213 Å². The number of allylic oxidation sites excluding steroid dienone is 6. The second kappa shape index (κ2) is 16.5. The number of hydrogen-bond donors (Lipinski definition) is 0. The third-order valence-corrected chi connectivity index (χ3v) is 12.5. The minimum Gasteiger partial charge on any atom is -0.248 e. The van der Waals surface area contributed by atoms with Crippen molar-refractivity contribution in [2.45, 2.75) is 19.8 Å². The molecule has 0 fully saturated rings. The molecule has 0 unspecified atom stereocenters. The van der Waals surface area contributed by atoms with Crippen molar-refractivity contribution >= 4 is 65.8 Å². The first-order valence-corrected chi connectivity index (χ1v) is 21.9. The van der Waals surface area contributed by atoms with Crippen LogP contribution in [-0.2, 0) is 0 Å². The average molecular weight is 805 g/mol. The Labute approximate surface area is 368 Å². The van der Waals surface area contributed by atoms with E-state index in [-0.39, 0.29) is 0 Å². The molecule has 11 rings (SSSR count). The van der Waals surface area contributed by atoms with Crippen LogP contribution in [0, 0.1) is 0 Å². The second-order valence-corrected chi connectivity index (χ2v) is 16.5. The highest BCUT2D eigenvalue weighted by Gasteiger charge is 2.15. The maximum Gasteiger partial charge on any atom is 0.0722 e. The number of rotatable bonds is 8. The Morgan fingerprint density at radius 3 is 1.92 bits per heavy atom. The van der Waals surface area contributed by atoms with E-state index in [0.717, 1.165) is 57.7 Å². The number of fused-ring (bicyclic) bond motifs is 6. The van der Waals surface area contributed by atoms with Crippen molar-refractivity contribution in [3.05, 3.63) is 241 Å². The molecule has 1 aromatic heterocycles. The Bertz CT molecular complexity index is 3460. The average Bonchev–Trinajstić information content (AvgIpc) is 3.36. The summed E-state index contributed by atoms with van der Waals surface area (Å²) in [5.41, 5.74) is 15.6. The van der Waals surface area contributed by atoms with E-state index in [1.165, 1.54) is 71.1 Å². The summed E-state index contributed by atoms with van der Waals surface area (Å²) < 4.78 is 0. The van der Waals surface area contributed by atoms with E-state index in [4.69, 9.17) is 9.98 Å². The van der Waals surface area contributed by atoms with Gasteiger partial charge in [-0.05, 0) is 145 Å². The fourth-order valence-electron chi connectivity index (χ4n) is 9.19. The third kappa shape index (κ3) is 7.47. The molecule has 1 aliphatic rings. The third-order valence-electron chi connectivity index (χ3n) is 12.5. The van der Waals surface area contributed by atoms with Crippen molar-refractivity contribution in [1.29, 1.82) is 0 Å². The van der Waals surface area contributed by atoms with Gasteiger partial charge in [-0.2, -0.15) is 0 Å². The minimum atomic E-state index is 0.916. The van der Waals surface area contributed by atoms with Gasteiger partial charge in [0.2, 0.25) is 0 Å². The molecular weight excluding hydrogens is 761 g/mol. The normalized spacial score (nSPS) is 13.3. The van der Waals surface area contributed by atoms with Crippen LogP contribution in [0.3, 0.4) is 0 Å². The lowest BCUT2D eigenvalue weighted by molar-refractivity contribution is 1.04. The number of nitrogens with zero attached hydrogens (tertiary/aromatic N) is 2. The topological polar surface area (TPSA) is 25.2 Å². The van der Waals surface area contributed by atoms with Crippen LogP contribution in [0.25, 0.3) is 87.7 Å². The van der Waals surface area contributed by atoms with Crippen LogP contribution in [-0.4, -0.2) is 10.7 Å². The van der Waals surface area contributed by atoms with Crippen molar-refractivity contribution in [1.82, 2.24) is 4.98 Å². The predicted molar refractivity (Wildman–Crippen MR) is 270 cm³/mol. The zero-order valence-corrected chi connectivity index (χ0v) is 35.2. The van der Waals surface area contributed by atoms with Crippen molar-refractivity contribution in [3.8, 4) is 33.4 Å². The van der Waals surface area contributed by atoms with E-state index in [1.54, 1.807) is 0 Å². The SMILES string of the molecule is C/C(=C\C(=N/c1ccccc1)c1ccc(-c2ccc3c(ccc4nc(C5=CCCC=C5)cc(-c5ccccc5)c43)c2)cc1)c1ccc(-c2cc3ccccc3c3ccccc23)cc1.